The van der Waals surface area contributed by atoms with Gasteiger partial charge >= 0.3 is 0 Å². The molecule has 0 aliphatic carbocycles. The van der Waals surface area contributed by atoms with Crippen molar-refractivity contribution in [3.63, 3.8) is 0 Å². The lowest BCUT2D eigenvalue weighted by Crippen LogP contribution is -2.41. The van der Waals surface area contributed by atoms with E-state index >= 15 is 0 Å². The minimum Gasteiger partial charge on any atom is -0.442 e. The Kier molecular flexibility index (Phi) is 4.43. The fraction of sp³-hybridized carbons (Fsp3) is 0.250. The number of carbonyl (C=O) groups excluding carboxylic acids is 1. The summed E-state index contributed by atoms with van der Waals surface area (Å²) in [6.45, 7) is 4.81. The number of benzene rings is 1. The first-order chi connectivity index (χ1) is 14.5. The van der Waals surface area contributed by atoms with E-state index in [2.05, 4.69) is 18.9 Å². The molecule has 30 heavy (non-hydrogen) atoms. The molecule has 5 rings (SSSR count). The molecule has 0 saturated heterocycles. The zero-order valence-electron chi connectivity index (χ0n) is 16.2. The van der Waals surface area contributed by atoms with Gasteiger partial charge in [0, 0.05) is 18.7 Å². The fourth-order valence-electron chi connectivity index (χ4n) is 3.77. The maximum atomic E-state index is 13.3. The van der Waals surface area contributed by atoms with Gasteiger partial charge in [0.1, 0.15) is 17.3 Å². The summed E-state index contributed by atoms with van der Waals surface area (Å²) in [5.41, 5.74) is 1.91. The predicted octanol–water partition coefficient (Wildman–Crippen LogP) is 3.72. The number of rotatable bonds is 3. The van der Waals surface area contributed by atoms with Gasteiger partial charge in [0.15, 0.2) is 23.0 Å². The molecule has 1 aromatic carbocycles. The Morgan fingerprint density at radius 3 is 2.70 bits per heavy atom. The van der Waals surface area contributed by atoms with Crippen LogP contribution in [0.3, 0.4) is 0 Å². The number of halogens is 1. The number of carbonyl (C=O) groups is 1. The van der Waals surface area contributed by atoms with Crippen LogP contribution >= 0.6 is 11.5 Å². The Balaban J connectivity index is 1.60. The molecular formula is C20H17FN6O2S. The van der Waals surface area contributed by atoms with Crippen LogP contribution in [0.4, 0.5) is 4.39 Å². The number of imidazole rings is 1. The Hall–Kier alpha value is -3.40. The highest BCUT2D eigenvalue weighted by Gasteiger charge is 2.35. The Labute approximate surface area is 175 Å². The summed E-state index contributed by atoms with van der Waals surface area (Å²) in [4.78, 5) is 28.2. The lowest BCUT2D eigenvalue weighted by molar-refractivity contribution is 0.0645. The van der Waals surface area contributed by atoms with Crippen LogP contribution in [-0.2, 0) is 6.54 Å². The molecule has 0 spiro atoms. The first-order valence-electron chi connectivity index (χ1n) is 9.39. The number of amides is 1. The second-order valence-electron chi connectivity index (χ2n) is 7.01. The van der Waals surface area contributed by atoms with Crippen molar-refractivity contribution in [3.8, 4) is 22.3 Å². The average molecular weight is 424 g/mol. The molecule has 4 aromatic rings. The third-order valence-electron chi connectivity index (χ3n) is 5.17. The van der Waals surface area contributed by atoms with Gasteiger partial charge in [-0.2, -0.15) is 4.37 Å². The number of oxazole rings is 1. The molecule has 3 aromatic heterocycles. The molecule has 1 aliphatic rings. The van der Waals surface area contributed by atoms with Gasteiger partial charge in [0.25, 0.3) is 5.91 Å². The molecule has 0 fully saturated rings. The van der Waals surface area contributed by atoms with E-state index in [4.69, 9.17) is 9.40 Å². The van der Waals surface area contributed by atoms with E-state index in [1.165, 1.54) is 42.2 Å². The van der Waals surface area contributed by atoms with Crippen LogP contribution in [0, 0.1) is 12.7 Å². The second-order valence-corrected chi connectivity index (χ2v) is 7.77. The van der Waals surface area contributed by atoms with Crippen LogP contribution in [0.2, 0.25) is 0 Å². The molecule has 0 radical (unpaired) electrons. The topological polar surface area (TPSA) is 89.9 Å². The number of nitrogens with zero attached hydrogens (tertiary/aromatic N) is 6. The molecular weight excluding hydrogens is 407 g/mol. The third-order valence-corrected chi connectivity index (χ3v) is 5.97. The van der Waals surface area contributed by atoms with Crippen molar-refractivity contribution in [3.05, 3.63) is 59.8 Å². The first-order valence-corrected chi connectivity index (χ1v) is 10.2. The van der Waals surface area contributed by atoms with Gasteiger partial charge in [-0.3, -0.25) is 4.79 Å². The van der Waals surface area contributed by atoms with Crippen molar-refractivity contribution in [1.82, 2.24) is 28.8 Å². The summed E-state index contributed by atoms with van der Waals surface area (Å²) in [6, 6.07) is 5.31. The van der Waals surface area contributed by atoms with Crippen molar-refractivity contribution in [2.45, 2.75) is 26.4 Å². The predicted molar refractivity (Wildman–Crippen MR) is 107 cm³/mol. The van der Waals surface area contributed by atoms with E-state index in [0.717, 1.165) is 5.69 Å². The van der Waals surface area contributed by atoms with Crippen LogP contribution in [0.1, 0.15) is 34.8 Å². The van der Waals surface area contributed by atoms with Gasteiger partial charge in [-0.15, -0.1) is 0 Å². The van der Waals surface area contributed by atoms with Crippen molar-refractivity contribution >= 4 is 17.4 Å². The molecule has 1 atom stereocenters. The van der Waals surface area contributed by atoms with Gasteiger partial charge in [0.05, 0.1) is 17.9 Å². The number of hydrogen-bond donors (Lipinski definition) is 0. The molecule has 10 heteroatoms. The van der Waals surface area contributed by atoms with E-state index in [1.54, 1.807) is 11.1 Å². The molecule has 0 bridgehead atoms. The number of aromatic nitrogens is 5. The highest BCUT2D eigenvalue weighted by atomic mass is 32.1. The van der Waals surface area contributed by atoms with E-state index in [9.17, 15) is 9.18 Å². The van der Waals surface area contributed by atoms with E-state index in [0.29, 0.717) is 46.8 Å². The minimum absolute atomic E-state index is 0.160. The van der Waals surface area contributed by atoms with Gasteiger partial charge in [-0.1, -0.05) is 0 Å². The Morgan fingerprint density at radius 2 is 2.03 bits per heavy atom. The van der Waals surface area contributed by atoms with E-state index < -0.39 is 0 Å². The van der Waals surface area contributed by atoms with E-state index in [-0.39, 0.29) is 17.8 Å². The maximum Gasteiger partial charge on any atom is 0.254 e. The fourth-order valence-corrected chi connectivity index (χ4v) is 4.43. The summed E-state index contributed by atoms with van der Waals surface area (Å²) in [5.74, 6) is 1.37. The van der Waals surface area contributed by atoms with Crippen molar-refractivity contribution in [2.24, 2.45) is 0 Å². The molecule has 1 amide bonds. The van der Waals surface area contributed by atoms with Gasteiger partial charge in [-0.25, -0.2) is 19.3 Å². The molecule has 1 aliphatic heterocycles. The summed E-state index contributed by atoms with van der Waals surface area (Å²) in [5, 5.41) is 0.713. The SMILES string of the molecule is Cc1nsc(-c2nc(-c3cnco3)c3n2CCN(C(=O)c2ccc(F)cc2)C3C)n1. The Bertz CT molecular complexity index is 1210. The van der Waals surface area contributed by atoms with Gasteiger partial charge in [-0.05, 0) is 49.6 Å². The summed E-state index contributed by atoms with van der Waals surface area (Å²) in [7, 11) is 0. The minimum atomic E-state index is -0.374. The van der Waals surface area contributed by atoms with Gasteiger partial charge < -0.3 is 13.9 Å². The quantitative estimate of drug-likeness (QED) is 0.498. The van der Waals surface area contributed by atoms with Crippen LogP contribution in [0.25, 0.3) is 22.3 Å². The monoisotopic (exact) mass is 424 g/mol. The molecule has 4 heterocycles. The van der Waals surface area contributed by atoms with Crippen LogP contribution in [-0.4, -0.2) is 41.2 Å². The lowest BCUT2D eigenvalue weighted by Gasteiger charge is -2.35. The van der Waals surface area contributed by atoms with Crippen molar-refractivity contribution in [2.75, 3.05) is 6.54 Å². The summed E-state index contributed by atoms with van der Waals surface area (Å²) in [6.07, 6.45) is 2.95. The zero-order chi connectivity index (χ0) is 20.8. The summed E-state index contributed by atoms with van der Waals surface area (Å²) < 4.78 is 25.1. The Morgan fingerprint density at radius 1 is 1.23 bits per heavy atom. The molecule has 8 nitrogen and oxygen atoms in total. The first kappa shape index (κ1) is 18.6. The largest absolute Gasteiger partial charge is 0.442 e. The normalized spacial score (nSPS) is 16.0. The van der Waals surface area contributed by atoms with Crippen LogP contribution in [0.15, 0.2) is 41.3 Å². The number of aryl methyl sites for hydroxylation is 1. The molecule has 0 saturated carbocycles. The number of hydrogen-bond acceptors (Lipinski definition) is 7. The standard InChI is InChI=1S/C20H17FN6O2S/c1-11-17-16(15-9-22-10-29-15)24-18(19-23-12(2)25-30-19)27(17)8-7-26(11)20(28)13-3-5-14(21)6-4-13/h3-6,9-11H,7-8H2,1-2H3. The lowest BCUT2D eigenvalue weighted by atomic mass is 10.1. The number of fused-ring (bicyclic) bond motifs is 1. The summed E-state index contributed by atoms with van der Waals surface area (Å²) >= 11 is 1.29. The average Bonchev–Trinajstić information content (AvgIpc) is 3.47. The van der Waals surface area contributed by atoms with E-state index in [1.807, 2.05) is 13.8 Å². The smallest absolute Gasteiger partial charge is 0.254 e. The van der Waals surface area contributed by atoms with Crippen molar-refractivity contribution < 1.29 is 13.6 Å². The maximum absolute atomic E-state index is 13.3. The van der Waals surface area contributed by atoms with Crippen LogP contribution < -0.4 is 0 Å². The van der Waals surface area contributed by atoms with Crippen molar-refractivity contribution in [1.29, 1.82) is 0 Å². The van der Waals surface area contributed by atoms with Gasteiger partial charge in [0.2, 0.25) is 0 Å². The molecule has 152 valence electrons. The second kappa shape index (κ2) is 7.13. The molecule has 0 N–H and O–H groups in total. The highest BCUT2D eigenvalue weighted by molar-refractivity contribution is 7.09. The highest BCUT2D eigenvalue weighted by Crippen LogP contribution is 2.38. The van der Waals surface area contributed by atoms with Crippen LogP contribution in [0.5, 0.6) is 0 Å². The zero-order valence-corrected chi connectivity index (χ0v) is 17.1. The molecule has 1 unspecified atom stereocenters. The third kappa shape index (κ3) is 3.00.